The van der Waals surface area contributed by atoms with Gasteiger partial charge in [-0.2, -0.15) is 0 Å². The molecule has 88 valence electrons. The number of rotatable bonds is 1. The SMILES string of the molecule is CC(C)C1(C(C)(C)C)CCNC(=O)OC1. The molecule has 1 unspecified atom stereocenters. The first-order valence-electron chi connectivity index (χ1n) is 5.70. The van der Waals surface area contributed by atoms with Gasteiger partial charge in [0.05, 0.1) is 6.61 Å². The van der Waals surface area contributed by atoms with Crippen molar-refractivity contribution < 1.29 is 9.53 Å². The lowest BCUT2D eigenvalue weighted by Crippen LogP contribution is -2.44. The van der Waals surface area contributed by atoms with Crippen molar-refractivity contribution in [2.24, 2.45) is 16.7 Å². The zero-order valence-corrected chi connectivity index (χ0v) is 10.5. The van der Waals surface area contributed by atoms with E-state index in [1.807, 2.05) is 0 Å². The molecule has 3 nitrogen and oxygen atoms in total. The minimum absolute atomic E-state index is 0.0756. The topological polar surface area (TPSA) is 38.3 Å². The molecule has 1 heterocycles. The molecule has 1 fully saturated rings. The van der Waals surface area contributed by atoms with Crippen LogP contribution in [0.4, 0.5) is 4.79 Å². The Labute approximate surface area is 92.6 Å². The molecule has 15 heavy (non-hydrogen) atoms. The molecule has 1 atom stereocenters. The van der Waals surface area contributed by atoms with Crippen molar-refractivity contribution in [3.05, 3.63) is 0 Å². The van der Waals surface area contributed by atoms with E-state index in [4.69, 9.17) is 4.74 Å². The van der Waals surface area contributed by atoms with Crippen molar-refractivity contribution in [2.45, 2.75) is 41.0 Å². The second-order valence-electron chi connectivity index (χ2n) is 5.81. The molecule has 0 aliphatic carbocycles. The summed E-state index contributed by atoms with van der Waals surface area (Å²) in [6.07, 6.45) is 0.710. The van der Waals surface area contributed by atoms with Crippen LogP contribution in [0.3, 0.4) is 0 Å². The highest BCUT2D eigenvalue weighted by atomic mass is 16.5. The molecule has 1 N–H and O–H groups in total. The monoisotopic (exact) mass is 213 g/mol. The molecular weight excluding hydrogens is 190 g/mol. The first-order valence-corrected chi connectivity index (χ1v) is 5.70. The molecule has 0 radical (unpaired) electrons. The Morgan fingerprint density at radius 2 is 2.00 bits per heavy atom. The molecule has 1 saturated heterocycles. The van der Waals surface area contributed by atoms with Crippen molar-refractivity contribution in [1.82, 2.24) is 5.32 Å². The minimum atomic E-state index is -0.276. The number of cyclic esters (lactones) is 1. The zero-order valence-electron chi connectivity index (χ0n) is 10.5. The first-order chi connectivity index (χ1) is 6.79. The van der Waals surface area contributed by atoms with E-state index in [0.717, 1.165) is 6.42 Å². The second-order valence-corrected chi connectivity index (χ2v) is 5.81. The lowest BCUT2D eigenvalue weighted by atomic mass is 9.59. The highest BCUT2D eigenvalue weighted by molar-refractivity contribution is 5.67. The Morgan fingerprint density at radius 3 is 2.47 bits per heavy atom. The number of amides is 1. The van der Waals surface area contributed by atoms with Gasteiger partial charge in [-0.1, -0.05) is 34.6 Å². The number of alkyl carbamates (subject to hydrolysis) is 1. The highest BCUT2D eigenvalue weighted by Crippen LogP contribution is 2.48. The molecule has 1 rings (SSSR count). The zero-order chi connectivity index (χ0) is 11.7. The van der Waals surface area contributed by atoms with Crippen LogP contribution in [0.15, 0.2) is 0 Å². The van der Waals surface area contributed by atoms with E-state index in [9.17, 15) is 4.79 Å². The van der Waals surface area contributed by atoms with Gasteiger partial charge in [-0.15, -0.1) is 0 Å². The van der Waals surface area contributed by atoms with Gasteiger partial charge < -0.3 is 10.1 Å². The summed E-state index contributed by atoms with van der Waals surface area (Å²) in [5.74, 6) is 0.505. The fourth-order valence-corrected chi connectivity index (χ4v) is 2.62. The quantitative estimate of drug-likeness (QED) is 0.727. The molecule has 0 saturated carbocycles. The predicted molar refractivity (Wildman–Crippen MR) is 60.7 cm³/mol. The Bertz CT molecular complexity index is 242. The molecule has 3 heteroatoms. The van der Waals surface area contributed by atoms with Crippen LogP contribution in [0.1, 0.15) is 41.0 Å². The summed E-state index contributed by atoms with van der Waals surface area (Å²) < 4.78 is 5.26. The third-order valence-electron chi connectivity index (χ3n) is 3.90. The molecule has 1 aliphatic heterocycles. The predicted octanol–water partition coefficient (Wildman–Crippen LogP) is 2.80. The number of carbonyl (C=O) groups is 1. The normalized spacial score (nSPS) is 28.3. The Balaban J connectivity index is 2.95. The van der Waals surface area contributed by atoms with Crippen molar-refractivity contribution in [3.63, 3.8) is 0 Å². The molecule has 0 aromatic carbocycles. The van der Waals surface area contributed by atoms with Crippen LogP contribution < -0.4 is 5.32 Å². The van der Waals surface area contributed by atoms with E-state index < -0.39 is 0 Å². The van der Waals surface area contributed by atoms with Gasteiger partial charge in [-0.05, 0) is 17.8 Å². The number of hydrogen-bond donors (Lipinski definition) is 1. The fourth-order valence-electron chi connectivity index (χ4n) is 2.62. The van der Waals surface area contributed by atoms with Crippen LogP contribution in [-0.4, -0.2) is 19.2 Å². The second kappa shape index (κ2) is 4.03. The van der Waals surface area contributed by atoms with Gasteiger partial charge in [0.15, 0.2) is 0 Å². The Morgan fingerprint density at radius 1 is 1.40 bits per heavy atom. The summed E-state index contributed by atoms with van der Waals surface area (Å²) in [6, 6.07) is 0. The summed E-state index contributed by atoms with van der Waals surface area (Å²) in [7, 11) is 0. The van der Waals surface area contributed by atoms with E-state index in [-0.39, 0.29) is 16.9 Å². The smallest absolute Gasteiger partial charge is 0.407 e. The van der Waals surface area contributed by atoms with Crippen LogP contribution in [0.2, 0.25) is 0 Å². The Kier molecular flexibility index (Phi) is 3.31. The molecule has 0 aromatic rings. The van der Waals surface area contributed by atoms with E-state index in [2.05, 4.69) is 39.9 Å². The molecular formula is C12H23NO2. The largest absolute Gasteiger partial charge is 0.449 e. The maximum Gasteiger partial charge on any atom is 0.407 e. The van der Waals surface area contributed by atoms with E-state index in [1.54, 1.807) is 0 Å². The maximum atomic E-state index is 11.2. The van der Waals surface area contributed by atoms with Crippen LogP contribution in [0.25, 0.3) is 0 Å². The minimum Gasteiger partial charge on any atom is -0.449 e. The standard InChI is InChI=1S/C12H23NO2/c1-9(2)12(11(3,4)5)6-7-13-10(14)15-8-12/h9H,6-8H2,1-5H3,(H,13,14). The number of ether oxygens (including phenoxy) is 1. The van der Waals surface area contributed by atoms with E-state index in [1.165, 1.54) is 0 Å². The average molecular weight is 213 g/mol. The van der Waals surface area contributed by atoms with Crippen LogP contribution >= 0.6 is 0 Å². The molecule has 1 amide bonds. The Hall–Kier alpha value is -0.730. The van der Waals surface area contributed by atoms with Crippen LogP contribution in [-0.2, 0) is 4.74 Å². The number of carbonyl (C=O) groups excluding carboxylic acids is 1. The lowest BCUT2D eigenvalue weighted by molar-refractivity contribution is -0.0276. The molecule has 0 spiro atoms. The maximum absolute atomic E-state index is 11.2. The highest BCUT2D eigenvalue weighted by Gasteiger charge is 2.46. The van der Waals surface area contributed by atoms with Gasteiger partial charge in [0.2, 0.25) is 0 Å². The van der Waals surface area contributed by atoms with Crippen molar-refractivity contribution >= 4 is 6.09 Å². The average Bonchev–Trinajstić information content (AvgIpc) is 2.26. The van der Waals surface area contributed by atoms with E-state index in [0.29, 0.717) is 19.1 Å². The van der Waals surface area contributed by atoms with Crippen molar-refractivity contribution in [3.8, 4) is 0 Å². The third-order valence-corrected chi connectivity index (χ3v) is 3.90. The van der Waals surface area contributed by atoms with Crippen LogP contribution in [0.5, 0.6) is 0 Å². The lowest BCUT2D eigenvalue weighted by Gasteiger charge is -2.46. The van der Waals surface area contributed by atoms with Gasteiger partial charge >= 0.3 is 6.09 Å². The van der Waals surface area contributed by atoms with Gasteiger partial charge in [0.25, 0.3) is 0 Å². The summed E-state index contributed by atoms with van der Waals surface area (Å²) in [4.78, 5) is 11.2. The van der Waals surface area contributed by atoms with Gasteiger partial charge in [-0.3, -0.25) is 0 Å². The molecule has 1 aliphatic rings. The summed E-state index contributed by atoms with van der Waals surface area (Å²) in [5.41, 5.74) is 0.222. The summed E-state index contributed by atoms with van der Waals surface area (Å²) in [6.45, 7) is 12.4. The van der Waals surface area contributed by atoms with Crippen molar-refractivity contribution in [1.29, 1.82) is 0 Å². The number of nitrogens with one attached hydrogen (secondary N) is 1. The third kappa shape index (κ3) is 2.27. The number of hydrogen-bond acceptors (Lipinski definition) is 2. The first kappa shape index (κ1) is 12.3. The van der Waals surface area contributed by atoms with Gasteiger partial charge in [-0.25, -0.2) is 4.79 Å². The molecule has 0 aromatic heterocycles. The summed E-state index contributed by atoms with van der Waals surface area (Å²) >= 11 is 0. The van der Waals surface area contributed by atoms with Gasteiger partial charge in [0.1, 0.15) is 0 Å². The van der Waals surface area contributed by atoms with Crippen LogP contribution in [0, 0.1) is 16.7 Å². The molecule has 0 bridgehead atoms. The van der Waals surface area contributed by atoms with Crippen molar-refractivity contribution in [2.75, 3.05) is 13.2 Å². The van der Waals surface area contributed by atoms with Gasteiger partial charge in [0, 0.05) is 12.0 Å². The fraction of sp³-hybridized carbons (Fsp3) is 0.917. The summed E-state index contributed by atoms with van der Waals surface area (Å²) in [5, 5.41) is 2.77. The van der Waals surface area contributed by atoms with E-state index >= 15 is 0 Å².